The highest BCUT2D eigenvalue weighted by molar-refractivity contribution is 7.17. The Labute approximate surface area is 158 Å². The van der Waals surface area contributed by atoms with Crippen LogP contribution in [0.1, 0.15) is 22.5 Å². The number of halogens is 2. The first-order chi connectivity index (χ1) is 10.8. The smallest absolute Gasteiger partial charge is 0.261 e. The van der Waals surface area contributed by atoms with Gasteiger partial charge in [-0.1, -0.05) is 6.07 Å². The van der Waals surface area contributed by atoms with Crippen LogP contribution >= 0.6 is 36.2 Å². The molecule has 7 heteroatoms. The third-order valence-electron chi connectivity index (χ3n) is 4.75. The average Bonchev–Trinajstić information content (AvgIpc) is 3.07. The second-order valence-electron chi connectivity index (χ2n) is 6.12. The van der Waals surface area contributed by atoms with Crippen LogP contribution in [0.3, 0.4) is 0 Å². The lowest BCUT2D eigenvalue weighted by Crippen LogP contribution is -2.57. The highest BCUT2D eigenvalue weighted by atomic mass is 35.5. The quantitative estimate of drug-likeness (QED) is 0.879. The molecule has 0 radical (unpaired) electrons. The van der Waals surface area contributed by atoms with Crippen molar-refractivity contribution in [2.45, 2.75) is 18.9 Å². The minimum Gasteiger partial charge on any atom is -0.347 e. The van der Waals surface area contributed by atoms with E-state index in [9.17, 15) is 4.79 Å². The molecular formula is C17H21Cl2N3OS. The Morgan fingerprint density at radius 1 is 1.21 bits per heavy atom. The number of rotatable bonds is 3. The SMILES string of the molecule is Cl.Cl.O=C(N[C@H]1CN2CCC1CC2)c1ccc(-c2cccnc2)s1. The maximum Gasteiger partial charge on any atom is 0.261 e. The van der Waals surface area contributed by atoms with Crippen LogP contribution in [-0.2, 0) is 0 Å². The molecule has 0 aromatic carbocycles. The summed E-state index contributed by atoms with van der Waals surface area (Å²) < 4.78 is 0. The molecule has 0 unspecified atom stereocenters. The van der Waals surface area contributed by atoms with Gasteiger partial charge in [0.15, 0.2) is 0 Å². The van der Waals surface area contributed by atoms with Gasteiger partial charge in [-0.2, -0.15) is 0 Å². The summed E-state index contributed by atoms with van der Waals surface area (Å²) in [7, 11) is 0. The fourth-order valence-corrected chi connectivity index (χ4v) is 4.39. The molecule has 4 nitrogen and oxygen atoms in total. The standard InChI is InChI=1S/C17H19N3OS.2ClH/c21-17(19-14-11-20-8-5-12(14)6-9-20)16-4-3-15(22-16)13-2-1-7-18-10-13;;/h1-4,7,10,12,14H,5-6,8-9,11H2,(H,19,21);2*1H/t14-;;/m0../s1. The van der Waals surface area contributed by atoms with Crippen LogP contribution in [-0.4, -0.2) is 41.5 Å². The van der Waals surface area contributed by atoms with Crippen molar-refractivity contribution in [2.75, 3.05) is 19.6 Å². The lowest BCUT2D eigenvalue weighted by molar-refractivity contribution is 0.0622. The highest BCUT2D eigenvalue weighted by Crippen LogP contribution is 2.30. The highest BCUT2D eigenvalue weighted by Gasteiger charge is 2.35. The minimum atomic E-state index is 0. The third kappa shape index (κ3) is 3.91. The van der Waals surface area contributed by atoms with Crippen LogP contribution < -0.4 is 5.32 Å². The van der Waals surface area contributed by atoms with E-state index < -0.39 is 0 Å². The molecule has 2 bridgehead atoms. The Morgan fingerprint density at radius 3 is 2.62 bits per heavy atom. The number of nitrogens with one attached hydrogen (secondary N) is 1. The number of aromatic nitrogens is 1. The summed E-state index contributed by atoms with van der Waals surface area (Å²) in [6, 6.07) is 8.19. The molecule has 3 aliphatic rings. The van der Waals surface area contributed by atoms with Crippen molar-refractivity contribution in [3.63, 3.8) is 0 Å². The monoisotopic (exact) mass is 385 g/mol. The van der Waals surface area contributed by atoms with Crippen molar-refractivity contribution in [1.82, 2.24) is 15.2 Å². The Bertz CT molecular complexity index is 671. The lowest BCUT2D eigenvalue weighted by atomic mass is 9.84. The van der Waals surface area contributed by atoms with Gasteiger partial charge in [-0.25, -0.2) is 0 Å². The van der Waals surface area contributed by atoms with Gasteiger partial charge in [0, 0.05) is 35.4 Å². The van der Waals surface area contributed by atoms with Gasteiger partial charge in [-0.3, -0.25) is 9.78 Å². The van der Waals surface area contributed by atoms with E-state index in [4.69, 9.17) is 0 Å². The predicted octanol–water partition coefficient (Wildman–Crippen LogP) is 3.48. The van der Waals surface area contributed by atoms with Crippen LogP contribution in [0.4, 0.5) is 0 Å². The molecule has 130 valence electrons. The maximum atomic E-state index is 12.5. The van der Waals surface area contributed by atoms with E-state index in [2.05, 4.69) is 15.2 Å². The average molecular weight is 386 g/mol. The first-order valence-electron chi connectivity index (χ1n) is 7.83. The summed E-state index contributed by atoms with van der Waals surface area (Å²) in [4.78, 5) is 21.0. The van der Waals surface area contributed by atoms with Gasteiger partial charge in [0.05, 0.1) is 4.88 Å². The van der Waals surface area contributed by atoms with Crippen LogP contribution in [0.5, 0.6) is 0 Å². The molecule has 3 aliphatic heterocycles. The Balaban J connectivity index is 0.00000104. The molecule has 1 amide bonds. The third-order valence-corrected chi connectivity index (χ3v) is 5.88. The molecule has 0 saturated carbocycles. The van der Waals surface area contributed by atoms with E-state index >= 15 is 0 Å². The summed E-state index contributed by atoms with van der Waals surface area (Å²) >= 11 is 1.54. The summed E-state index contributed by atoms with van der Waals surface area (Å²) in [6.07, 6.45) is 6.03. The summed E-state index contributed by atoms with van der Waals surface area (Å²) in [5, 5.41) is 3.25. The van der Waals surface area contributed by atoms with E-state index in [1.165, 1.54) is 37.3 Å². The molecule has 0 spiro atoms. The van der Waals surface area contributed by atoms with E-state index in [1.54, 1.807) is 6.20 Å². The van der Waals surface area contributed by atoms with E-state index in [0.717, 1.165) is 21.9 Å². The minimum absolute atomic E-state index is 0. The topological polar surface area (TPSA) is 45.2 Å². The van der Waals surface area contributed by atoms with E-state index in [-0.39, 0.29) is 30.7 Å². The number of pyridine rings is 1. The van der Waals surface area contributed by atoms with Gasteiger partial charge in [0.1, 0.15) is 0 Å². The number of piperidine rings is 3. The number of carbonyl (C=O) groups excluding carboxylic acids is 1. The Morgan fingerprint density at radius 2 is 2.00 bits per heavy atom. The second-order valence-corrected chi connectivity index (χ2v) is 7.21. The van der Waals surface area contributed by atoms with Gasteiger partial charge in [-0.05, 0) is 50.0 Å². The zero-order chi connectivity index (χ0) is 14.9. The molecule has 5 heterocycles. The van der Waals surface area contributed by atoms with Gasteiger partial charge in [-0.15, -0.1) is 36.2 Å². The molecule has 2 aromatic heterocycles. The largest absolute Gasteiger partial charge is 0.347 e. The molecule has 24 heavy (non-hydrogen) atoms. The summed E-state index contributed by atoms with van der Waals surface area (Å²) in [5.74, 6) is 0.727. The molecule has 3 fully saturated rings. The molecule has 0 aliphatic carbocycles. The molecule has 5 rings (SSSR count). The summed E-state index contributed by atoms with van der Waals surface area (Å²) in [5.41, 5.74) is 1.06. The van der Waals surface area contributed by atoms with Gasteiger partial charge < -0.3 is 10.2 Å². The van der Waals surface area contributed by atoms with Gasteiger partial charge >= 0.3 is 0 Å². The Hall–Kier alpha value is -1.14. The van der Waals surface area contributed by atoms with Crippen molar-refractivity contribution in [1.29, 1.82) is 0 Å². The number of thiophene rings is 1. The van der Waals surface area contributed by atoms with Crippen molar-refractivity contribution < 1.29 is 4.79 Å². The molecule has 1 N–H and O–H groups in total. The second kappa shape index (κ2) is 8.30. The molecule has 3 saturated heterocycles. The zero-order valence-corrected chi connectivity index (χ0v) is 15.6. The number of hydrogen-bond acceptors (Lipinski definition) is 4. The van der Waals surface area contributed by atoms with Crippen molar-refractivity contribution in [3.8, 4) is 10.4 Å². The fourth-order valence-electron chi connectivity index (χ4n) is 3.49. The Kier molecular flexibility index (Phi) is 6.63. The molecular weight excluding hydrogens is 365 g/mol. The van der Waals surface area contributed by atoms with Crippen LogP contribution in [0.15, 0.2) is 36.7 Å². The first kappa shape index (κ1) is 19.2. The fraction of sp³-hybridized carbons (Fsp3) is 0.412. The molecule has 1 atom stereocenters. The molecule has 2 aromatic rings. The van der Waals surface area contributed by atoms with Gasteiger partial charge in [0.2, 0.25) is 0 Å². The van der Waals surface area contributed by atoms with Crippen molar-refractivity contribution in [2.24, 2.45) is 5.92 Å². The van der Waals surface area contributed by atoms with Gasteiger partial charge in [0.25, 0.3) is 5.91 Å². The first-order valence-corrected chi connectivity index (χ1v) is 8.65. The van der Waals surface area contributed by atoms with E-state index in [0.29, 0.717) is 12.0 Å². The van der Waals surface area contributed by atoms with Crippen molar-refractivity contribution in [3.05, 3.63) is 41.5 Å². The number of amides is 1. The zero-order valence-electron chi connectivity index (χ0n) is 13.2. The number of nitrogens with zero attached hydrogens (tertiary/aromatic N) is 2. The van der Waals surface area contributed by atoms with Crippen LogP contribution in [0.25, 0.3) is 10.4 Å². The number of fused-ring (bicyclic) bond motifs is 3. The van der Waals surface area contributed by atoms with Crippen LogP contribution in [0, 0.1) is 5.92 Å². The van der Waals surface area contributed by atoms with Crippen LogP contribution in [0.2, 0.25) is 0 Å². The van der Waals surface area contributed by atoms with Crippen molar-refractivity contribution >= 4 is 42.1 Å². The lowest BCUT2D eigenvalue weighted by Gasteiger charge is -2.44. The summed E-state index contributed by atoms with van der Waals surface area (Å²) in [6.45, 7) is 3.40. The van der Waals surface area contributed by atoms with E-state index in [1.807, 2.05) is 30.5 Å². The maximum absolute atomic E-state index is 12.5. The number of hydrogen-bond donors (Lipinski definition) is 1. The predicted molar refractivity (Wildman–Crippen MR) is 102 cm³/mol. The number of carbonyl (C=O) groups is 1. The normalized spacial score (nSPS) is 24.6.